The zero-order valence-corrected chi connectivity index (χ0v) is 16.8. The maximum Gasteiger partial charge on any atom is 0.244 e. The number of amides is 1. The topological polar surface area (TPSA) is 94.8 Å². The van der Waals surface area contributed by atoms with Crippen molar-refractivity contribution in [2.45, 2.75) is 26.1 Å². The van der Waals surface area contributed by atoms with E-state index in [4.69, 9.17) is 14.2 Å². The van der Waals surface area contributed by atoms with Crippen LogP contribution in [-0.2, 0) is 22.6 Å². The zero-order valence-electron chi connectivity index (χ0n) is 16.8. The minimum Gasteiger partial charge on any atom is -0.486 e. The highest BCUT2D eigenvalue weighted by atomic mass is 16.6. The third-order valence-electron chi connectivity index (χ3n) is 5.38. The highest BCUT2D eigenvalue weighted by molar-refractivity contribution is 5.76. The molecule has 4 rings (SSSR count). The summed E-state index contributed by atoms with van der Waals surface area (Å²) in [5.74, 6) is 2.07. The van der Waals surface area contributed by atoms with Gasteiger partial charge in [0.25, 0.3) is 0 Å². The molecule has 2 aliphatic rings. The smallest absolute Gasteiger partial charge is 0.244 e. The minimum atomic E-state index is -0.127. The number of rotatable bonds is 6. The molecule has 0 radical (unpaired) electrons. The predicted molar refractivity (Wildman–Crippen MR) is 103 cm³/mol. The van der Waals surface area contributed by atoms with E-state index in [1.807, 2.05) is 25.1 Å². The van der Waals surface area contributed by atoms with Crippen molar-refractivity contribution in [3.8, 4) is 11.5 Å². The first kappa shape index (κ1) is 19.6. The third-order valence-corrected chi connectivity index (χ3v) is 5.38. The molecule has 29 heavy (non-hydrogen) atoms. The summed E-state index contributed by atoms with van der Waals surface area (Å²) < 4.78 is 18.2. The number of carbonyl (C=O) groups is 1. The molecule has 0 bridgehead atoms. The number of fused-ring (bicyclic) bond motifs is 1. The Morgan fingerprint density at radius 1 is 1.17 bits per heavy atom. The van der Waals surface area contributed by atoms with Gasteiger partial charge in [0.15, 0.2) is 17.3 Å². The third kappa shape index (κ3) is 4.48. The monoisotopic (exact) mass is 402 g/mol. The van der Waals surface area contributed by atoms with Crippen LogP contribution in [0, 0.1) is 0 Å². The minimum absolute atomic E-state index is 0.0667. The second-order valence-electron chi connectivity index (χ2n) is 7.22. The van der Waals surface area contributed by atoms with Gasteiger partial charge >= 0.3 is 0 Å². The van der Waals surface area contributed by atoms with E-state index < -0.39 is 0 Å². The molecular formula is C19H26N6O4. The predicted octanol–water partition coefficient (Wildman–Crippen LogP) is 0.496. The number of benzene rings is 1. The van der Waals surface area contributed by atoms with Crippen LogP contribution in [0.1, 0.15) is 24.4 Å². The van der Waals surface area contributed by atoms with Gasteiger partial charge in [0.05, 0.1) is 25.8 Å². The van der Waals surface area contributed by atoms with Crippen molar-refractivity contribution >= 4 is 5.91 Å². The number of likely N-dealkylation sites (N-methyl/N-ethyl adjacent to an activating group) is 1. The SMILES string of the molecule is C[C@H](c1ccc2c(c1)OCCO2)N(C)C(=O)Cn1nnnc1CN1CCOCC1. The molecule has 1 atom stereocenters. The van der Waals surface area contributed by atoms with Crippen LogP contribution in [0.4, 0.5) is 0 Å². The van der Waals surface area contributed by atoms with Crippen LogP contribution < -0.4 is 9.47 Å². The Labute approximate surface area is 169 Å². The first-order valence-electron chi connectivity index (χ1n) is 9.82. The summed E-state index contributed by atoms with van der Waals surface area (Å²) >= 11 is 0. The molecule has 0 saturated carbocycles. The van der Waals surface area contributed by atoms with Gasteiger partial charge in [0.1, 0.15) is 19.8 Å². The average molecular weight is 402 g/mol. The summed E-state index contributed by atoms with van der Waals surface area (Å²) in [6.45, 7) is 6.85. The van der Waals surface area contributed by atoms with E-state index in [1.165, 1.54) is 0 Å². The van der Waals surface area contributed by atoms with Crippen molar-refractivity contribution in [2.24, 2.45) is 0 Å². The van der Waals surface area contributed by atoms with Gasteiger partial charge < -0.3 is 19.1 Å². The van der Waals surface area contributed by atoms with Crippen LogP contribution in [-0.4, -0.2) is 82.5 Å². The molecule has 1 aromatic heterocycles. The van der Waals surface area contributed by atoms with Gasteiger partial charge in [0, 0.05) is 20.1 Å². The van der Waals surface area contributed by atoms with Crippen molar-refractivity contribution in [1.82, 2.24) is 30.0 Å². The summed E-state index contributed by atoms with van der Waals surface area (Å²) in [6, 6.07) is 5.66. The molecule has 1 saturated heterocycles. The lowest BCUT2D eigenvalue weighted by Crippen LogP contribution is -2.37. The Bertz CT molecular complexity index is 851. The number of ether oxygens (including phenoxy) is 3. The fourth-order valence-electron chi connectivity index (χ4n) is 3.42. The van der Waals surface area contributed by atoms with Crippen LogP contribution in [0.2, 0.25) is 0 Å². The molecule has 10 heteroatoms. The molecule has 2 aliphatic heterocycles. The molecule has 0 aliphatic carbocycles. The van der Waals surface area contributed by atoms with E-state index in [2.05, 4.69) is 20.4 Å². The maximum absolute atomic E-state index is 12.9. The van der Waals surface area contributed by atoms with E-state index in [9.17, 15) is 4.79 Å². The van der Waals surface area contributed by atoms with Crippen molar-refractivity contribution in [3.63, 3.8) is 0 Å². The molecule has 3 heterocycles. The number of hydrogen-bond acceptors (Lipinski definition) is 8. The number of aromatic nitrogens is 4. The van der Waals surface area contributed by atoms with Gasteiger partial charge in [-0.3, -0.25) is 9.69 Å². The molecule has 156 valence electrons. The molecule has 1 fully saturated rings. The quantitative estimate of drug-likeness (QED) is 0.689. The van der Waals surface area contributed by atoms with Crippen molar-refractivity contribution in [1.29, 1.82) is 0 Å². The molecule has 10 nitrogen and oxygen atoms in total. The Hall–Kier alpha value is -2.72. The molecule has 0 spiro atoms. The van der Waals surface area contributed by atoms with Crippen LogP contribution in [0.3, 0.4) is 0 Å². The lowest BCUT2D eigenvalue weighted by atomic mass is 10.1. The van der Waals surface area contributed by atoms with Crippen molar-refractivity contribution in [2.75, 3.05) is 46.6 Å². The fourth-order valence-corrected chi connectivity index (χ4v) is 3.42. The van der Waals surface area contributed by atoms with E-state index >= 15 is 0 Å². The standard InChI is InChI=1S/C19H26N6O4/c1-14(15-3-4-16-17(11-15)29-10-9-28-16)23(2)19(26)13-25-18(20-21-22-25)12-24-5-7-27-8-6-24/h3-4,11,14H,5-10,12-13H2,1-2H3/t14-/m1/s1. The number of morpholine rings is 1. The van der Waals surface area contributed by atoms with E-state index in [0.717, 1.165) is 30.2 Å². The van der Waals surface area contributed by atoms with Crippen molar-refractivity contribution in [3.05, 3.63) is 29.6 Å². The van der Waals surface area contributed by atoms with E-state index in [1.54, 1.807) is 16.6 Å². The van der Waals surface area contributed by atoms with Gasteiger partial charge in [-0.25, -0.2) is 4.68 Å². The number of nitrogens with zero attached hydrogens (tertiary/aromatic N) is 6. The zero-order chi connectivity index (χ0) is 20.2. The molecule has 2 aromatic rings. The lowest BCUT2D eigenvalue weighted by Gasteiger charge is -2.27. The fraction of sp³-hybridized carbons (Fsp3) is 0.579. The number of carbonyl (C=O) groups excluding carboxylic acids is 1. The Balaban J connectivity index is 1.40. The number of hydrogen-bond donors (Lipinski definition) is 0. The summed E-state index contributed by atoms with van der Waals surface area (Å²) in [4.78, 5) is 16.8. The highest BCUT2D eigenvalue weighted by Gasteiger charge is 2.22. The lowest BCUT2D eigenvalue weighted by molar-refractivity contribution is -0.132. The normalized spacial score (nSPS) is 17.7. The first-order valence-corrected chi connectivity index (χ1v) is 9.82. The molecule has 1 aromatic carbocycles. The first-order chi connectivity index (χ1) is 14.1. The average Bonchev–Trinajstić information content (AvgIpc) is 3.19. The largest absolute Gasteiger partial charge is 0.486 e. The van der Waals surface area contributed by atoms with Crippen molar-refractivity contribution < 1.29 is 19.0 Å². The van der Waals surface area contributed by atoms with E-state index in [-0.39, 0.29) is 18.5 Å². The van der Waals surface area contributed by atoms with Crippen LogP contribution >= 0.6 is 0 Å². The van der Waals surface area contributed by atoms with Crippen LogP contribution in [0.25, 0.3) is 0 Å². The van der Waals surface area contributed by atoms with Gasteiger partial charge in [-0.05, 0) is 35.0 Å². The van der Waals surface area contributed by atoms with Gasteiger partial charge in [-0.1, -0.05) is 6.07 Å². The molecule has 1 amide bonds. The maximum atomic E-state index is 12.9. The van der Waals surface area contributed by atoms with Gasteiger partial charge in [0.2, 0.25) is 5.91 Å². The molecule has 0 unspecified atom stereocenters. The van der Waals surface area contributed by atoms with Crippen LogP contribution in [0.15, 0.2) is 18.2 Å². The number of tetrazole rings is 1. The summed E-state index contributed by atoms with van der Waals surface area (Å²) in [5.41, 5.74) is 0.982. The van der Waals surface area contributed by atoms with Crippen LogP contribution in [0.5, 0.6) is 11.5 Å². The molecule has 0 N–H and O–H groups in total. The summed E-state index contributed by atoms with van der Waals surface area (Å²) in [6.07, 6.45) is 0. The highest BCUT2D eigenvalue weighted by Crippen LogP contribution is 2.33. The second-order valence-corrected chi connectivity index (χ2v) is 7.22. The Kier molecular flexibility index (Phi) is 5.91. The Morgan fingerprint density at radius 3 is 2.72 bits per heavy atom. The molecular weight excluding hydrogens is 376 g/mol. The summed E-state index contributed by atoms with van der Waals surface area (Å²) in [5, 5.41) is 11.9. The Morgan fingerprint density at radius 2 is 1.93 bits per heavy atom. The second kappa shape index (κ2) is 8.75. The van der Waals surface area contributed by atoms with Gasteiger partial charge in [-0.2, -0.15) is 0 Å². The van der Waals surface area contributed by atoms with Gasteiger partial charge in [-0.15, -0.1) is 5.10 Å². The summed E-state index contributed by atoms with van der Waals surface area (Å²) in [7, 11) is 1.79. The van der Waals surface area contributed by atoms with E-state index in [0.29, 0.717) is 38.8 Å².